The van der Waals surface area contributed by atoms with Crippen molar-refractivity contribution in [3.8, 4) is 0 Å². The van der Waals surface area contributed by atoms with E-state index in [1.54, 1.807) is 0 Å². The van der Waals surface area contributed by atoms with Gasteiger partial charge in [-0.15, -0.1) is 11.3 Å². The molecule has 17 heavy (non-hydrogen) atoms. The molecule has 1 aliphatic rings. The molecule has 1 heterocycles. The van der Waals surface area contributed by atoms with Crippen LogP contribution in [-0.2, 0) is 4.79 Å². The molecule has 1 aliphatic carbocycles. The van der Waals surface area contributed by atoms with Gasteiger partial charge in [-0.3, -0.25) is 4.79 Å². The summed E-state index contributed by atoms with van der Waals surface area (Å²) in [5, 5.41) is 11.5. The van der Waals surface area contributed by atoms with Crippen LogP contribution in [0.25, 0.3) is 0 Å². The van der Waals surface area contributed by atoms with Crippen molar-refractivity contribution in [2.45, 2.75) is 50.5 Å². The molecule has 0 saturated heterocycles. The zero-order valence-electron chi connectivity index (χ0n) is 9.76. The van der Waals surface area contributed by atoms with Crippen LogP contribution in [0.4, 0.5) is 0 Å². The number of carbonyl (C=O) groups is 1. The molecular formula is C12H18N2O2S. The average Bonchev–Trinajstić information content (AvgIpc) is 2.78. The van der Waals surface area contributed by atoms with E-state index in [-0.39, 0.29) is 6.42 Å². The lowest BCUT2D eigenvalue weighted by Crippen LogP contribution is -2.15. The van der Waals surface area contributed by atoms with E-state index < -0.39 is 12.0 Å². The standard InChI is InChI=1S/C12H18N2O2S/c13-9(6-11(15)16)12-14-10(7-17-12)8-4-2-1-3-5-8/h7-9H,1-6,13H2,(H,15,16). The predicted molar refractivity (Wildman–Crippen MR) is 67.1 cm³/mol. The lowest BCUT2D eigenvalue weighted by Gasteiger charge is -2.19. The summed E-state index contributed by atoms with van der Waals surface area (Å²) in [4.78, 5) is 15.1. The number of rotatable bonds is 4. The smallest absolute Gasteiger partial charge is 0.305 e. The van der Waals surface area contributed by atoms with E-state index in [0.717, 1.165) is 10.7 Å². The van der Waals surface area contributed by atoms with Crippen LogP contribution in [0.5, 0.6) is 0 Å². The second-order valence-corrected chi connectivity index (χ2v) is 5.54. The van der Waals surface area contributed by atoms with E-state index in [2.05, 4.69) is 4.98 Å². The van der Waals surface area contributed by atoms with Crippen LogP contribution in [0.2, 0.25) is 0 Å². The minimum absolute atomic E-state index is 0.0440. The van der Waals surface area contributed by atoms with Gasteiger partial charge in [0.25, 0.3) is 0 Å². The number of nitrogens with two attached hydrogens (primary N) is 1. The first kappa shape index (κ1) is 12.5. The van der Waals surface area contributed by atoms with E-state index >= 15 is 0 Å². The Kier molecular flexibility index (Phi) is 4.12. The highest BCUT2D eigenvalue weighted by atomic mass is 32.1. The number of hydrogen-bond donors (Lipinski definition) is 2. The Balaban J connectivity index is 2.01. The molecule has 1 fully saturated rings. The summed E-state index contributed by atoms with van der Waals surface area (Å²) in [7, 11) is 0. The van der Waals surface area contributed by atoms with E-state index in [1.165, 1.54) is 43.4 Å². The zero-order valence-corrected chi connectivity index (χ0v) is 10.6. The highest BCUT2D eigenvalue weighted by molar-refractivity contribution is 7.09. The van der Waals surface area contributed by atoms with E-state index in [4.69, 9.17) is 10.8 Å². The number of carboxylic acids is 1. The van der Waals surface area contributed by atoms with Crippen molar-refractivity contribution in [3.63, 3.8) is 0 Å². The van der Waals surface area contributed by atoms with Crippen LogP contribution in [0.3, 0.4) is 0 Å². The lowest BCUT2D eigenvalue weighted by molar-refractivity contribution is -0.137. The summed E-state index contributed by atoms with van der Waals surface area (Å²) >= 11 is 1.49. The number of nitrogens with zero attached hydrogens (tertiary/aromatic N) is 1. The first-order valence-corrected chi connectivity index (χ1v) is 6.97. The number of thiazole rings is 1. The predicted octanol–water partition coefficient (Wildman–Crippen LogP) is 2.67. The summed E-state index contributed by atoms with van der Waals surface area (Å²) in [5.74, 6) is -0.308. The maximum absolute atomic E-state index is 10.6. The molecular weight excluding hydrogens is 236 g/mol. The first-order chi connectivity index (χ1) is 8.16. The normalized spacial score (nSPS) is 19.1. The molecule has 0 amide bonds. The summed E-state index contributed by atoms with van der Waals surface area (Å²) in [5.41, 5.74) is 6.92. The summed E-state index contributed by atoms with van der Waals surface area (Å²) in [6.07, 6.45) is 6.25. The molecule has 94 valence electrons. The Bertz CT molecular complexity index is 386. The molecule has 0 radical (unpaired) electrons. The van der Waals surface area contributed by atoms with Gasteiger partial charge in [-0.25, -0.2) is 4.98 Å². The molecule has 0 aromatic carbocycles. The Morgan fingerprint density at radius 3 is 2.88 bits per heavy atom. The number of aliphatic carboxylic acids is 1. The fraction of sp³-hybridized carbons (Fsp3) is 0.667. The van der Waals surface area contributed by atoms with Gasteiger partial charge in [0.1, 0.15) is 5.01 Å². The summed E-state index contributed by atoms with van der Waals surface area (Å²) < 4.78 is 0. The molecule has 1 saturated carbocycles. The Labute approximate surface area is 105 Å². The van der Waals surface area contributed by atoms with Crippen molar-refractivity contribution >= 4 is 17.3 Å². The molecule has 1 atom stereocenters. The van der Waals surface area contributed by atoms with Gasteiger partial charge in [-0.2, -0.15) is 0 Å². The van der Waals surface area contributed by atoms with Crippen LogP contribution >= 0.6 is 11.3 Å². The minimum Gasteiger partial charge on any atom is -0.481 e. The minimum atomic E-state index is -0.869. The van der Waals surface area contributed by atoms with Gasteiger partial charge in [0.15, 0.2) is 0 Å². The number of carboxylic acid groups (broad SMARTS) is 1. The Hall–Kier alpha value is -0.940. The number of aromatic nitrogens is 1. The van der Waals surface area contributed by atoms with Crippen LogP contribution < -0.4 is 5.73 Å². The fourth-order valence-electron chi connectivity index (χ4n) is 2.33. The third-order valence-corrected chi connectivity index (χ3v) is 4.27. The quantitative estimate of drug-likeness (QED) is 0.866. The monoisotopic (exact) mass is 254 g/mol. The topological polar surface area (TPSA) is 76.2 Å². The maximum Gasteiger partial charge on any atom is 0.305 e. The van der Waals surface area contributed by atoms with E-state index in [9.17, 15) is 4.79 Å². The maximum atomic E-state index is 10.6. The van der Waals surface area contributed by atoms with Crippen molar-refractivity contribution < 1.29 is 9.90 Å². The molecule has 1 aromatic rings. The molecule has 0 bridgehead atoms. The van der Waals surface area contributed by atoms with Crippen LogP contribution in [-0.4, -0.2) is 16.1 Å². The molecule has 5 heteroatoms. The van der Waals surface area contributed by atoms with Gasteiger partial charge in [-0.1, -0.05) is 19.3 Å². The zero-order chi connectivity index (χ0) is 12.3. The van der Waals surface area contributed by atoms with Gasteiger partial charge < -0.3 is 10.8 Å². The van der Waals surface area contributed by atoms with Crippen molar-refractivity contribution in [1.29, 1.82) is 0 Å². The van der Waals surface area contributed by atoms with Crippen molar-refractivity contribution in [3.05, 3.63) is 16.1 Å². The first-order valence-electron chi connectivity index (χ1n) is 6.09. The Morgan fingerprint density at radius 2 is 2.24 bits per heavy atom. The second kappa shape index (κ2) is 5.60. The molecule has 0 aliphatic heterocycles. The summed E-state index contributed by atoms with van der Waals surface area (Å²) in [6.45, 7) is 0. The van der Waals surface area contributed by atoms with Crippen molar-refractivity contribution in [2.75, 3.05) is 0 Å². The van der Waals surface area contributed by atoms with Crippen molar-refractivity contribution in [1.82, 2.24) is 4.98 Å². The largest absolute Gasteiger partial charge is 0.481 e. The third-order valence-electron chi connectivity index (χ3n) is 3.27. The summed E-state index contributed by atoms with van der Waals surface area (Å²) in [6, 6.07) is -0.463. The molecule has 0 spiro atoms. The van der Waals surface area contributed by atoms with Gasteiger partial charge in [-0.05, 0) is 12.8 Å². The lowest BCUT2D eigenvalue weighted by atomic mass is 9.87. The van der Waals surface area contributed by atoms with E-state index in [1.807, 2.05) is 5.38 Å². The highest BCUT2D eigenvalue weighted by Crippen LogP contribution is 2.34. The van der Waals surface area contributed by atoms with Crippen LogP contribution in [0.1, 0.15) is 61.2 Å². The third kappa shape index (κ3) is 3.26. The molecule has 2 rings (SSSR count). The molecule has 1 unspecified atom stereocenters. The fourth-order valence-corrected chi connectivity index (χ4v) is 3.24. The SMILES string of the molecule is NC(CC(=O)O)c1nc(C2CCCCC2)cs1. The molecule has 3 N–H and O–H groups in total. The van der Waals surface area contributed by atoms with Gasteiger partial charge in [0, 0.05) is 11.3 Å². The number of hydrogen-bond acceptors (Lipinski definition) is 4. The van der Waals surface area contributed by atoms with Gasteiger partial charge in [0.05, 0.1) is 18.2 Å². The highest BCUT2D eigenvalue weighted by Gasteiger charge is 2.20. The van der Waals surface area contributed by atoms with Crippen LogP contribution in [0, 0.1) is 0 Å². The average molecular weight is 254 g/mol. The van der Waals surface area contributed by atoms with Gasteiger partial charge >= 0.3 is 5.97 Å². The van der Waals surface area contributed by atoms with Crippen molar-refractivity contribution in [2.24, 2.45) is 5.73 Å². The Morgan fingerprint density at radius 1 is 1.53 bits per heavy atom. The second-order valence-electron chi connectivity index (χ2n) is 4.65. The molecule has 4 nitrogen and oxygen atoms in total. The molecule has 1 aromatic heterocycles. The van der Waals surface area contributed by atoms with Gasteiger partial charge in [0.2, 0.25) is 0 Å². The van der Waals surface area contributed by atoms with Crippen LogP contribution in [0.15, 0.2) is 5.38 Å². The van der Waals surface area contributed by atoms with E-state index in [0.29, 0.717) is 5.92 Å².